The Kier molecular flexibility index (Phi) is 4.76. The smallest absolute Gasteiger partial charge is 0.315 e. The molecule has 2 fully saturated rings. The van der Waals surface area contributed by atoms with Crippen LogP contribution in [-0.2, 0) is 9.53 Å². The molecule has 2 aliphatic carbocycles. The number of urea groups is 1. The van der Waals surface area contributed by atoms with Crippen molar-refractivity contribution in [3.8, 4) is 0 Å². The number of nitrogens with one attached hydrogen (secondary N) is 2. The number of rotatable bonds is 7. The summed E-state index contributed by atoms with van der Waals surface area (Å²) < 4.78 is 5.64. The van der Waals surface area contributed by atoms with Gasteiger partial charge >= 0.3 is 12.0 Å². The highest BCUT2D eigenvalue weighted by molar-refractivity contribution is 5.76. The maximum Gasteiger partial charge on any atom is 0.315 e. The summed E-state index contributed by atoms with van der Waals surface area (Å²) in [4.78, 5) is 22.9. The number of hydrogen-bond acceptors (Lipinski definition) is 3. The van der Waals surface area contributed by atoms with Crippen molar-refractivity contribution < 1.29 is 19.4 Å². The van der Waals surface area contributed by atoms with Crippen LogP contribution in [0.25, 0.3) is 0 Å². The summed E-state index contributed by atoms with van der Waals surface area (Å²) in [6.07, 6.45) is 2.97. The van der Waals surface area contributed by atoms with E-state index in [1.54, 1.807) is 0 Å². The lowest BCUT2D eigenvalue weighted by atomic mass is 9.64. The zero-order valence-electron chi connectivity index (χ0n) is 13.0. The van der Waals surface area contributed by atoms with E-state index >= 15 is 0 Å². The molecule has 0 spiro atoms. The molecule has 0 saturated heterocycles. The van der Waals surface area contributed by atoms with E-state index < -0.39 is 5.97 Å². The first kappa shape index (κ1) is 16.1. The molecule has 3 atom stereocenters. The lowest BCUT2D eigenvalue weighted by Crippen LogP contribution is -2.63. The number of carboxylic acid groups (broad SMARTS) is 1. The van der Waals surface area contributed by atoms with Gasteiger partial charge in [0.05, 0.1) is 12.5 Å². The van der Waals surface area contributed by atoms with Crippen molar-refractivity contribution in [2.24, 2.45) is 11.3 Å². The predicted octanol–water partition coefficient (Wildman–Crippen LogP) is 1.74. The molecule has 0 radical (unpaired) electrons. The Balaban J connectivity index is 1.80. The number of amides is 2. The van der Waals surface area contributed by atoms with E-state index in [0.717, 1.165) is 19.3 Å². The minimum absolute atomic E-state index is 0.00623. The van der Waals surface area contributed by atoms with Gasteiger partial charge in [-0.2, -0.15) is 0 Å². The van der Waals surface area contributed by atoms with E-state index in [4.69, 9.17) is 9.84 Å². The van der Waals surface area contributed by atoms with E-state index in [-0.39, 0.29) is 36.1 Å². The van der Waals surface area contributed by atoms with Gasteiger partial charge in [0.15, 0.2) is 0 Å². The number of aliphatic carboxylic acids is 1. The molecule has 3 N–H and O–H groups in total. The molecule has 3 unspecified atom stereocenters. The van der Waals surface area contributed by atoms with Gasteiger partial charge in [-0.1, -0.05) is 13.8 Å². The molecule has 2 aliphatic rings. The normalized spacial score (nSPS) is 28.3. The Morgan fingerprint density at radius 1 is 1.38 bits per heavy atom. The molecule has 6 nitrogen and oxygen atoms in total. The van der Waals surface area contributed by atoms with Gasteiger partial charge < -0.3 is 20.5 Å². The number of carboxylic acids is 1. The van der Waals surface area contributed by atoms with Crippen LogP contribution in [-0.4, -0.2) is 41.9 Å². The molecule has 6 heteroatoms. The summed E-state index contributed by atoms with van der Waals surface area (Å²) >= 11 is 0. The van der Waals surface area contributed by atoms with Crippen LogP contribution in [0.2, 0.25) is 0 Å². The standard InChI is InChI=1S/C15H26N2O4/c1-4-21-12-8-11(15(12,2)3)17-14(20)16-10(7-13(18)19)9-5-6-9/h9-12H,4-8H2,1-3H3,(H,18,19)(H2,16,17,20). The molecular weight excluding hydrogens is 272 g/mol. The van der Waals surface area contributed by atoms with Gasteiger partial charge in [-0.25, -0.2) is 4.79 Å². The average molecular weight is 298 g/mol. The molecule has 0 aliphatic heterocycles. The SMILES string of the molecule is CCOC1CC(NC(=O)NC(CC(=O)O)C2CC2)C1(C)C. The van der Waals surface area contributed by atoms with Gasteiger partial charge in [0.25, 0.3) is 0 Å². The van der Waals surface area contributed by atoms with Crippen molar-refractivity contribution >= 4 is 12.0 Å². The van der Waals surface area contributed by atoms with Crippen molar-refractivity contribution in [1.82, 2.24) is 10.6 Å². The third-order valence-electron chi connectivity index (χ3n) is 4.75. The Bertz CT molecular complexity index is 406. The summed E-state index contributed by atoms with van der Waals surface area (Å²) in [7, 11) is 0. The maximum absolute atomic E-state index is 12.1. The van der Waals surface area contributed by atoms with E-state index in [0.29, 0.717) is 12.5 Å². The van der Waals surface area contributed by atoms with E-state index in [1.807, 2.05) is 6.92 Å². The van der Waals surface area contributed by atoms with Gasteiger partial charge in [0.1, 0.15) is 0 Å². The van der Waals surface area contributed by atoms with Gasteiger partial charge in [-0.05, 0) is 32.1 Å². The summed E-state index contributed by atoms with van der Waals surface area (Å²) in [6, 6.07) is -0.451. The lowest BCUT2D eigenvalue weighted by Gasteiger charge is -2.51. The first-order valence-electron chi connectivity index (χ1n) is 7.75. The number of ether oxygens (including phenoxy) is 1. The van der Waals surface area contributed by atoms with Crippen molar-refractivity contribution in [2.45, 2.75) is 64.6 Å². The summed E-state index contributed by atoms with van der Waals surface area (Å²) in [5.74, 6) is -0.551. The number of carbonyl (C=O) groups is 2. The second kappa shape index (κ2) is 6.22. The van der Waals surface area contributed by atoms with Crippen LogP contribution in [0.1, 0.15) is 46.5 Å². The zero-order valence-corrected chi connectivity index (χ0v) is 13.0. The zero-order chi connectivity index (χ0) is 15.6. The first-order chi connectivity index (χ1) is 9.84. The molecule has 0 bridgehead atoms. The average Bonchev–Trinajstić information content (AvgIpc) is 3.20. The van der Waals surface area contributed by atoms with Crippen molar-refractivity contribution in [2.75, 3.05) is 6.61 Å². The molecule has 2 saturated carbocycles. The van der Waals surface area contributed by atoms with Crippen LogP contribution in [0.4, 0.5) is 4.79 Å². The predicted molar refractivity (Wildman–Crippen MR) is 78.0 cm³/mol. The van der Waals surface area contributed by atoms with Crippen LogP contribution in [0, 0.1) is 11.3 Å². The molecule has 0 aromatic rings. The molecule has 21 heavy (non-hydrogen) atoms. The van der Waals surface area contributed by atoms with Crippen LogP contribution in [0.3, 0.4) is 0 Å². The fourth-order valence-corrected chi connectivity index (χ4v) is 3.00. The monoisotopic (exact) mass is 298 g/mol. The Hall–Kier alpha value is -1.30. The number of carbonyl (C=O) groups excluding carboxylic acids is 1. The Morgan fingerprint density at radius 2 is 2.05 bits per heavy atom. The molecule has 2 amide bonds. The molecule has 0 heterocycles. The van der Waals surface area contributed by atoms with Crippen LogP contribution >= 0.6 is 0 Å². The second-order valence-electron chi connectivity index (χ2n) is 6.71. The molecule has 120 valence electrons. The van der Waals surface area contributed by atoms with E-state index in [1.165, 1.54) is 0 Å². The van der Waals surface area contributed by atoms with Gasteiger partial charge in [0, 0.05) is 24.1 Å². The topological polar surface area (TPSA) is 87.7 Å². The van der Waals surface area contributed by atoms with Crippen LogP contribution in [0.5, 0.6) is 0 Å². The third-order valence-corrected chi connectivity index (χ3v) is 4.75. The second-order valence-corrected chi connectivity index (χ2v) is 6.71. The van der Waals surface area contributed by atoms with E-state index in [2.05, 4.69) is 24.5 Å². The fraction of sp³-hybridized carbons (Fsp3) is 0.867. The van der Waals surface area contributed by atoms with Gasteiger partial charge in [0.2, 0.25) is 0 Å². The fourth-order valence-electron chi connectivity index (χ4n) is 3.00. The largest absolute Gasteiger partial charge is 0.481 e. The number of hydrogen-bond donors (Lipinski definition) is 3. The third kappa shape index (κ3) is 3.87. The van der Waals surface area contributed by atoms with Gasteiger partial charge in [-0.3, -0.25) is 4.79 Å². The van der Waals surface area contributed by atoms with Crippen molar-refractivity contribution in [3.63, 3.8) is 0 Å². The van der Waals surface area contributed by atoms with Gasteiger partial charge in [-0.15, -0.1) is 0 Å². The molecule has 0 aromatic heterocycles. The van der Waals surface area contributed by atoms with E-state index in [9.17, 15) is 9.59 Å². The summed E-state index contributed by atoms with van der Waals surface area (Å²) in [6.45, 7) is 6.81. The Morgan fingerprint density at radius 3 is 2.52 bits per heavy atom. The minimum atomic E-state index is -0.868. The Labute approximate surface area is 125 Å². The minimum Gasteiger partial charge on any atom is -0.481 e. The highest BCUT2D eigenvalue weighted by Crippen LogP contribution is 2.42. The highest BCUT2D eigenvalue weighted by Gasteiger charge is 2.49. The summed E-state index contributed by atoms with van der Waals surface area (Å²) in [5.41, 5.74) is -0.0881. The quantitative estimate of drug-likeness (QED) is 0.668. The highest BCUT2D eigenvalue weighted by atomic mass is 16.5. The van der Waals surface area contributed by atoms with Crippen molar-refractivity contribution in [1.29, 1.82) is 0 Å². The first-order valence-corrected chi connectivity index (χ1v) is 7.75. The maximum atomic E-state index is 12.1. The molecule has 0 aromatic carbocycles. The summed E-state index contributed by atoms with van der Waals surface area (Å²) in [5, 5.41) is 14.7. The van der Waals surface area contributed by atoms with Crippen LogP contribution < -0.4 is 10.6 Å². The van der Waals surface area contributed by atoms with Crippen molar-refractivity contribution in [3.05, 3.63) is 0 Å². The lowest BCUT2D eigenvalue weighted by molar-refractivity contribution is -0.137. The molecular formula is C15H26N2O4. The van der Waals surface area contributed by atoms with Crippen LogP contribution in [0.15, 0.2) is 0 Å². The molecule has 2 rings (SSSR count).